The van der Waals surface area contributed by atoms with Gasteiger partial charge in [-0.1, -0.05) is 46.9 Å². The van der Waals surface area contributed by atoms with E-state index in [1.165, 1.54) is 0 Å². The number of carbonyl (C=O) groups is 2. The van der Waals surface area contributed by atoms with Crippen LogP contribution in [0.2, 0.25) is 15.1 Å². The molecule has 1 saturated heterocycles. The number of rotatable bonds is 8. The van der Waals surface area contributed by atoms with Crippen LogP contribution in [0.15, 0.2) is 36.4 Å². The molecule has 0 radical (unpaired) electrons. The third kappa shape index (κ3) is 6.46. The second kappa shape index (κ2) is 11.6. The van der Waals surface area contributed by atoms with E-state index in [1.807, 2.05) is 11.0 Å². The first-order chi connectivity index (χ1) is 17.1. The number of ether oxygens (including phenoxy) is 1. The second-order valence-corrected chi connectivity index (χ2v) is 11.2. The van der Waals surface area contributed by atoms with Gasteiger partial charge in [-0.05, 0) is 80.8 Å². The summed E-state index contributed by atoms with van der Waals surface area (Å²) < 4.78 is 5.60. The van der Waals surface area contributed by atoms with Crippen molar-refractivity contribution in [3.05, 3.63) is 62.6 Å². The Hall–Kier alpha value is -1.99. The number of nitrogens with zero attached hydrogens (tertiary/aromatic N) is 1. The number of hydrogen-bond donors (Lipinski definition) is 2. The molecule has 2 amide bonds. The highest BCUT2D eigenvalue weighted by Crippen LogP contribution is 2.38. The molecule has 9 heteroatoms. The average molecular weight is 554 g/mol. The fourth-order valence-corrected chi connectivity index (χ4v) is 5.79. The van der Waals surface area contributed by atoms with Crippen molar-refractivity contribution in [3.63, 3.8) is 0 Å². The monoisotopic (exact) mass is 552 g/mol. The highest BCUT2D eigenvalue weighted by atomic mass is 35.5. The van der Waals surface area contributed by atoms with Crippen LogP contribution in [-0.4, -0.2) is 46.6 Å². The highest BCUT2D eigenvalue weighted by Gasteiger charge is 2.44. The summed E-state index contributed by atoms with van der Waals surface area (Å²) in [6.45, 7) is 2.98. The topological polar surface area (TPSA) is 78.9 Å². The first-order valence-electron chi connectivity index (χ1n) is 12.3. The summed E-state index contributed by atoms with van der Waals surface area (Å²) in [5.74, 6) is 0.254. The molecule has 6 nitrogen and oxygen atoms in total. The van der Waals surface area contributed by atoms with Gasteiger partial charge in [-0.2, -0.15) is 0 Å². The Morgan fingerprint density at radius 2 is 1.78 bits per heavy atom. The van der Waals surface area contributed by atoms with Crippen molar-refractivity contribution in [3.8, 4) is 5.75 Å². The Balaban J connectivity index is 1.27. The minimum atomic E-state index is -0.290. The third-order valence-electron chi connectivity index (χ3n) is 7.35. The van der Waals surface area contributed by atoms with Crippen LogP contribution in [-0.2, 0) is 22.6 Å². The van der Waals surface area contributed by atoms with Gasteiger partial charge in [0.25, 0.3) is 5.91 Å². The Morgan fingerprint density at radius 1 is 1.08 bits per heavy atom. The summed E-state index contributed by atoms with van der Waals surface area (Å²) in [4.78, 5) is 27.4. The van der Waals surface area contributed by atoms with Crippen molar-refractivity contribution in [1.82, 2.24) is 10.2 Å². The second-order valence-electron chi connectivity index (χ2n) is 9.96. The number of carbonyl (C=O) groups excluding carboxylic acids is 2. The summed E-state index contributed by atoms with van der Waals surface area (Å²) >= 11 is 18.5. The maximum atomic E-state index is 13.2. The van der Waals surface area contributed by atoms with Crippen molar-refractivity contribution in [1.29, 1.82) is 0 Å². The molecule has 2 N–H and O–H groups in total. The number of aliphatic hydroxyl groups is 1. The normalized spacial score (nSPS) is 24.1. The number of hydrogen-bond acceptors (Lipinski definition) is 4. The molecule has 1 aliphatic heterocycles. The number of halogens is 3. The van der Waals surface area contributed by atoms with Crippen molar-refractivity contribution in [2.75, 3.05) is 13.2 Å². The molecule has 1 atom stereocenters. The van der Waals surface area contributed by atoms with Crippen LogP contribution in [0.4, 0.5) is 0 Å². The molecule has 0 spiro atoms. The van der Waals surface area contributed by atoms with Gasteiger partial charge in [-0.15, -0.1) is 0 Å². The van der Waals surface area contributed by atoms with Gasteiger partial charge in [0, 0.05) is 39.6 Å². The molecule has 2 fully saturated rings. The molecule has 2 aromatic carbocycles. The van der Waals surface area contributed by atoms with E-state index in [1.54, 1.807) is 30.3 Å². The molecule has 0 aromatic heterocycles. The molecule has 2 aromatic rings. The van der Waals surface area contributed by atoms with Crippen LogP contribution in [0.25, 0.3) is 0 Å². The van der Waals surface area contributed by atoms with E-state index in [2.05, 4.69) is 12.2 Å². The van der Waals surface area contributed by atoms with Gasteiger partial charge in [0.1, 0.15) is 5.75 Å². The van der Waals surface area contributed by atoms with Crippen LogP contribution >= 0.6 is 34.8 Å². The largest absolute Gasteiger partial charge is 0.484 e. The lowest BCUT2D eigenvalue weighted by Gasteiger charge is -2.43. The van der Waals surface area contributed by atoms with Gasteiger partial charge in [0.15, 0.2) is 6.61 Å². The zero-order valence-electron chi connectivity index (χ0n) is 20.2. The van der Waals surface area contributed by atoms with Gasteiger partial charge >= 0.3 is 0 Å². The highest BCUT2D eigenvalue weighted by molar-refractivity contribution is 6.35. The van der Waals surface area contributed by atoms with Crippen LogP contribution in [0, 0.1) is 5.92 Å². The fraction of sp³-hybridized carbons (Fsp3) is 0.481. The average Bonchev–Trinajstić information content (AvgIpc) is 3.21. The van der Waals surface area contributed by atoms with Crippen LogP contribution < -0.4 is 10.1 Å². The Bertz CT molecular complexity index is 1120. The maximum Gasteiger partial charge on any atom is 0.258 e. The molecular formula is C27H31Cl3N2O4. The van der Waals surface area contributed by atoms with Gasteiger partial charge in [0.2, 0.25) is 5.91 Å². The summed E-state index contributed by atoms with van der Waals surface area (Å²) in [6.07, 6.45) is 4.26. The molecule has 36 heavy (non-hydrogen) atoms. The molecular weight excluding hydrogens is 523 g/mol. The van der Waals surface area contributed by atoms with Crippen molar-refractivity contribution >= 4 is 46.6 Å². The van der Waals surface area contributed by atoms with Crippen LogP contribution in [0.5, 0.6) is 5.75 Å². The number of aliphatic hydroxyl groups excluding tert-OH is 1. The molecule has 4 rings (SSSR count). The Morgan fingerprint density at radius 3 is 2.47 bits per heavy atom. The number of nitrogens with one attached hydrogen (secondary N) is 1. The molecule has 0 bridgehead atoms. The lowest BCUT2D eigenvalue weighted by Crippen LogP contribution is -2.50. The molecule has 2 aliphatic rings. The van der Waals surface area contributed by atoms with Gasteiger partial charge < -0.3 is 20.1 Å². The van der Waals surface area contributed by atoms with E-state index in [-0.39, 0.29) is 42.5 Å². The molecule has 1 saturated carbocycles. The number of likely N-dealkylation sites (tertiary alicyclic amines) is 1. The minimum Gasteiger partial charge on any atom is -0.484 e. The quantitative estimate of drug-likeness (QED) is 0.457. The van der Waals surface area contributed by atoms with Crippen molar-refractivity contribution in [2.45, 2.75) is 63.6 Å². The van der Waals surface area contributed by atoms with Gasteiger partial charge in [-0.3, -0.25) is 9.59 Å². The van der Waals surface area contributed by atoms with Crippen molar-refractivity contribution < 1.29 is 19.4 Å². The summed E-state index contributed by atoms with van der Waals surface area (Å²) in [6, 6.07) is 10.4. The van der Waals surface area contributed by atoms with E-state index in [0.717, 1.165) is 49.8 Å². The number of amides is 2. The predicted octanol–water partition coefficient (Wildman–Crippen LogP) is 5.43. The lowest BCUT2D eigenvalue weighted by molar-refractivity contribution is -0.137. The maximum absolute atomic E-state index is 13.2. The zero-order chi connectivity index (χ0) is 25.9. The summed E-state index contributed by atoms with van der Waals surface area (Å²) in [5, 5.41) is 14.2. The molecule has 1 unspecified atom stereocenters. The van der Waals surface area contributed by atoms with Crippen LogP contribution in [0.1, 0.15) is 50.2 Å². The molecule has 1 heterocycles. The van der Waals surface area contributed by atoms with E-state index >= 15 is 0 Å². The van der Waals surface area contributed by atoms with Gasteiger partial charge in [0.05, 0.1) is 6.10 Å². The predicted molar refractivity (Wildman–Crippen MR) is 142 cm³/mol. The third-order valence-corrected chi connectivity index (χ3v) is 8.29. The van der Waals surface area contributed by atoms with E-state index in [9.17, 15) is 14.7 Å². The molecule has 194 valence electrons. The fourth-order valence-electron chi connectivity index (χ4n) is 5.07. The minimum absolute atomic E-state index is 0.108. The lowest BCUT2D eigenvalue weighted by atomic mass is 9.80. The first-order valence-corrected chi connectivity index (χ1v) is 13.4. The first kappa shape index (κ1) is 27.1. The smallest absolute Gasteiger partial charge is 0.258 e. The van der Waals surface area contributed by atoms with E-state index in [4.69, 9.17) is 39.5 Å². The SMILES string of the molecule is CC1(N2CCC(Cc3ccc(OCC(=O)NCc4ccc(Cl)cc4Cl)cc3Cl)C2=O)CCC(O)CC1. The van der Waals surface area contributed by atoms with Crippen LogP contribution in [0.3, 0.4) is 0 Å². The Kier molecular flexibility index (Phi) is 8.71. The molecule has 1 aliphatic carbocycles. The van der Waals surface area contributed by atoms with Gasteiger partial charge in [-0.25, -0.2) is 0 Å². The Labute approximate surface area is 226 Å². The standard InChI is InChI=1S/C27H31Cl3N2O4/c1-27(9-6-21(33)7-10-27)32-11-8-18(26(32)35)12-17-3-5-22(14-24(17)30)36-16-25(34)31-15-19-2-4-20(28)13-23(19)29/h2-5,13-14,18,21,33H,6-12,15-16H2,1H3,(H,31,34). The summed E-state index contributed by atoms with van der Waals surface area (Å²) in [5.41, 5.74) is 1.47. The zero-order valence-corrected chi connectivity index (χ0v) is 22.5. The van der Waals surface area contributed by atoms with E-state index in [0.29, 0.717) is 27.2 Å². The summed E-state index contributed by atoms with van der Waals surface area (Å²) in [7, 11) is 0. The van der Waals surface area contributed by atoms with Crippen molar-refractivity contribution in [2.24, 2.45) is 5.92 Å². The number of benzene rings is 2. The van der Waals surface area contributed by atoms with E-state index < -0.39 is 0 Å².